The highest BCUT2D eigenvalue weighted by Crippen LogP contribution is 2.36. The number of hydrogen-bond acceptors (Lipinski definition) is 1. The maximum atomic E-state index is 2.59. The summed E-state index contributed by atoms with van der Waals surface area (Å²) in [4.78, 5) is 2.59. The summed E-state index contributed by atoms with van der Waals surface area (Å²) in [6.45, 7) is 10.8. The van der Waals surface area contributed by atoms with E-state index in [1.165, 1.54) is 26.1 Å². The Labute approximate surface area is 75.4 Å². The average Bonchev–Trinajstić information content (AvgIpc) is 2.54. The number of likely N-dealkylation sites (tertiary alicyclic amines) is 1. The van der Waals surface area contributed by atoms with Crippen LogP contribution in [0.4, 0.5) is 0 Å². The minimum Gasteiger partial charge on any atom is -0.298 e. The van der Waals surface area contributed by atoms with Crippen LogP contribution in [0.15, 0.2) is 11.6 Å². The summed E-state index contributed by atoms with van der Waals surface area (Å²) in [7, 11) is 0. The van der Waals surface area contributed by atoms with E-state index in [1.807, 2.05) is 0 Å². The predicted molar refractivity (Wildman–Crippen MR) is 52.1 cm³/mol. The standard InChI is InChI=1S/C11H19N/c1-11(2,3)4-5-12-7-9-6-10(9)8-12/h6,9H,4-5,7-8H2,1-3H3. The molecule has 1 fully saturated rings. The van der Waals surface area contributed by atoms with E-state index >= 15 is 0 Å². The second kappa shape index (κ2) is 2.59. The normalized spacial score (nSPS) is 28.6. The van der Waals surface area contributed by atoms with E-state index in [0.717, 1.165) is 5.92 Å². The first-order chi connectivity index (χ1) is 5.54. The Morgan fingerprint density at radius 1 is 1.50 bits per heavy atom. The van der Waals surface area contributed by atoms with Gasteiger partial charge in [-0.2, -0.15) is 0 Å². The molecule has 1 unspecified atom stereocenters. The van der Waals surface area contributed by atoms with E-state index in [0.29, 0.717) is 5.41 Å². The molecule has 1 aliphatic carbocycles. The summed E-state index contributed by atoms with van der Waals surface area (Å²) >= 11 is 0. The van der Waals surface area contributed by atoms with E-state index in [2.05, 4.69) is 31.7 Å². The highest BCUT2D eigenvalue weighted by Gasteiger charge is 2.34. The number of hydrogen-bond donors (Lipinski definition) is 0. The van der Waals surface area contributed by atoms with Crippen LogP contribution in [0.1, 0.15) is 27.2 Å². The van der Waals surface area contributed by atoms with E-state index < -0.39 is 0 Å². The topological polar surface area (TPSA) is 3.24 Å². The molecule has 2 rings (SSSR count). The lowest BCUT2D eigenvalue weighted by Crippen LogP contribution is -2.25. The van der Waals surface area contributed by atoms with Gasteiger partial charge in [0.2, 0.25) is 0 Å². The Morgan fingerprint density at radius 3 is 2.75 bits per heavy atom. The average molecular weight is 165 g/mol. The van der Waals surface area contributed by atoms with Gasteiger partial charge < -0.3 is 0 Å². The number of fused-ring (bicyclic) bond motifs is 1. The Balaban J connectivity index is 1.71. The van der Waals surface area contributed by atoms with Gasteiger partial charge in [0.1, 0.15) is 0 Å². The molecule has 0 saturated carbocycles. The van der Waals surface area contributed by atoms with Crippen molar-refractivity contribution < 1.29 is 0 Å². The fourth-order valence-corrected chi connectivity index (χ4v) is 1.82. The lowest BCUT2D eigenvalue weighted by molar-refractivity contribution is 0.261. The first-order valence-electron chi connectivity index (χ1n) is 4.97. The van der Waals surface area contributed by atoms with Crippen molar-refractivity contribution in [1.29, 1.82) is 0 Å². The summed E-state index contributed by atoms with van der Waals surface area (Å²) in [6, 6.07) is 0. The van der Waals surface area contributed by atoms with Crippen LogP contribution >= 0.6 is 0 Å². The van der Waals surface area contributed by atoms with Crippen molar-refractivity contribution in [3.8, 4) is 0 Å². The molecular formula is C11H19N. The van der Waals surface area contributed by atoms with Crippen LogP contribution in [0.3, 0.4) is 0 Å². The zero-order valence-corrected chi connectivity index (χ0v) is 8.43. The Bertz CT molecular complexity index is 210. The molecule has 2 aliphatic rings. The maximum Gasteiger partial charge on any atom is 0.0199 e. The summed E-state index contributed by atoms with van der Waals surface area (Å²) in [5.74, 6) is 0.893. The maximum absolute atomic E-state index is 2.59. The SMILES string of the molecule is CC(C)(C)CCN1CC2=CC2C1. The molecule has 0 spiro atoms. The summed E-state index contributed by atoms with van der Waals surface area (Å²) < 4.78 is 0. The summed E-state index contributed by atoms with van der Waals surface area (Å²) in [5, 5.41) is 0. The third kappa shape index (κ3) is 1.89. The Hall–Kier alpha value is -0.300. The lowest BCUT2D eigenvalue weighted by Gasteiger charge is -2.23. The molecule has 1 nitrogen and oxygen atoms in total. The molecule has 68 valence electrons. The van der Waals surface area contributed by atoms with Crippen molar-refractivity contribution in [2.45, 2.75) is 27.2 Å². The van der Waals surface area contributed by atoms with Crippen LogP contribution in [0.5, 0.6) is 0 Å². The molecule has 0 radical (unpaired) electrons. The van der Waals surface area contributed by atoms with Crippen LogP contribution < -0.4 is 0 Å². The first-order valence-corrected chi connectivity index (χ1v) is 4.97. The molecule has 1 heterocycles. The Kier molecular flexibility index (Phi) is 1.80. The zero-order valence-electron chi connectivity index (χ0n) is 8.43. The minimum atomic E-state index is 0.501. The van der Waals surface area contributed by atoms with Crippen molar-refractivity contribution in [3.05, 3.63) is 11.6 Å². The van der Waals surface area contributed by atoms with Gasteiger partial charge in [0.25, 0.3) is 0 Å². The molecule has 0 N–H and O–H groups in total. The van der Waals surface area contributed by atoms with Crippen molar-refractivity contribution >= 4 is 0 Å². The lowest BCUT2D eigenvalue weighted by atomic mass is 9.92. The van der Waals surface area contributed by atoms with Gasteiger partial charge in [0, 0.05) is 19.0 Å². The van der Waals surface area contributed by atoms with Crippen LogP contribution in [-0.2, 0) is 0 Å². The first kappa shape index (κ1) is 8.31. The van der Waals surface area contributed by atoms with Crippen LogP contribution in [0.25, 0.3) is 0 Å². The predicted octanol–water partition coefficient (Wildman–Crippen LogP) is 2.29. The zero-order chi connectivity index (χ0) is 8.77. The van der Waals surface area contributed by atoms with Gasteiger partial charge in [-0.3, -0.25) is 4.90 Å². The smallest absolute Gasteiger partial charge is 0.0199 e. The largest absolute Gasteiger partial charge is 0.298 e. The summed E-state index contributed by atoms with van der Waals surface area (Å²) in [5.41, 5.74) is 2.20. The number of rotatable bonds is 2. The van der Waals surface area contributed by atoms with E-state index in [1.54, 1.807) is 5.57 Å². The molecule has 12 heavy (non-hydrogen) atoms. The van der Waals surface area contributed by atoms with Crippen molar-refractivity contribution in [2.24, 2.45) is 11.3 Å². The van der Waals surface area contributed by atoms with Crippen LogP contribution in [0.2, 0.25) is 0 Å². The summed E-state index contributed by atoms with van der Waals surface area (Å²) in [6.07, 6.45) is 3.74. The van der Waals surface area contributed by atoms with E-state index in [-0.39, 0.29) is 0 Å². The van der Waals surface area contributed by atoms with E-state index in [4.69, 9.17) is 0 Å². The highest BCUT2D eigenvalue weighted by atomic mass is 15.2. The van der Waals surface area contributed by atoms with Gasteiger partial charge in [-0.15, -0.1) is 0 Å². The van der Waals surface area contributed by atoms with Crippen molar-refractivity contribution in [2.75, 3.05) is 19.6 Å². The van der Waals surface area contributed by atoms with Gasteiger partial charge in [0.05, 0.1) is 0 Å². The van der Waals surface area contributed by atoms with Crippen LogP contribution in [0, 0.1) is 11.3 Å². The fourth-order valence-electron chi connectivity index (χ4n) is 1.82. The number of nitrogens with zero attached hydrogens (tertiary/aromatic N) is 1. The molecule has 1 heteroatoms. The molecular weight excluding hydrogens is 146 g/mol. The van der Waals surface area contributed by atoms with Gasteiger partial charge in [-0.25, -0.2) is 0 Å². The van der Waals surface area contributed by atoms with Crippen molar-refractivity contribution in [3.63, 3.8) is 0 Å². The molecule has 1 atom stereocenters. The second-order valence-corrected chi connectivity index (χ2v) is 5.39. The van der Waals surface area contributed by atoms with E-state index in [9.17, 15) is 0 Å². The van der Waals surface area contributed by atoms with Crippen LogP contribution in [-0.4, -0.2) is 24.5 Å². The molecule has 1 aliphatic heterocycles. The van der Waals surface area contributed by atoms with Gasteiger partial charge in [-0.1, -0.05) is 32.4 Å². The van der Waals surface area contributed by atoms with Gasteiger partial charge >= 0.3 is 0 Å². The molecule has 0 amide bonds. The molecule has 0 bridgehead atoms. The highest BCUT2D eigenvalue weighted by molar-refractivity contribution is 5.34. The third-order valence-electron chi connectivity index (χ3n) is 2.82. The van der Waals surface area contributed by atoms with Gasteiger partial charge in [-0.05, 0) is 18.4 Å². The monoisotopic (exact) mass is 165 g/mol. The third-order valence-corrected chi connectivity index (χ3v) is 2.82. The van der Waals surface area contributed by atoms with Gasteiger partial charge in [0.15, 0.2) is 0 Å². The molecule has 0 aromatic heterocycles. The molecule has 0 aromatic carbocycles. The quantitative estimate of drug-likeness (QED) is 0.567. The fraction of sp³-hybridized carbons (Fsp3) is 0.818. The second-order valence-electron chi connectivity index (χ2n) is 5.39. The van der Waals surface area contributed by atoms with Crippen molar-refractivity contribution in [1.82, 2.24) is 4.90 Å². The minimum absolute atomic E-state index is 0.501. The Morgan fingerprint density at radius 2 is 2.25 bits per heavy atom. The molecule has 0 aromatic rings. The molecule has 1 saturated heterocycles.